The Bertz CT molecular complexity index is 720. The lowest BCUT2D eigenvalue weighted by Gasteiger charge is -2.22. The Kier molecular flexibility index (Phi) is 5.60. The summed E-state index contributed by atoms with van der Waals surface area (Å²) in [7, 11) is 1.79. The Morgan fingerprint density at radius 2 is 1.96 bits per heavy atom. The molecular formula is C19H23FN4O. The molecular weight excluding hydrogens is 319 g/mol. The Morgan fingerprint density at radius 1 is 1.16 bits per heavy atom. The molecule has 1 aromatic heterocycles. The van der Waals surface area contributed by atoms with Gasteiger partial charge in [-0.15, -0.1) is 0 Å². The molecule has 1 aliphatic heterocycles. The first-order valence-corrected chi connectivity index (χ1v) is 8.55. The number of halogens is 1. The van der Waals surface area contributed by atoms with Crippen molar-refractivity contribution in [3.63, 3.8) is 0 Å². The van der Waals surface area contributed by atoms with Crippen LogP contribution in [0.15, 0.2) is 42.6 Å². The minimum atomic E-state index is -0.213. The van der Waals surface area contributed by atoms with Crippen LogP contribution in [-0.2, 0) is 6.54 Å². The first-order valence-electron chi connectivity index (χ1n) is 8.55. The second kappa shape index (κ2) is 8.07. The van der Waals surface area contributed by atoms with Gasteiger partial charge in [-0.2, -0.15) is 0 Å². The number of aromatic nitrogens is 1. The third-order valence-electron chi connectivity index (χ3n) is 4.46. The van der Waals surface area contributed by atoms with E-state index >= 15 is 0 Å². The third-order valence-corrected chi connectivity index (χ3v) is 4.46. The topological polar surface area (TPSA) is 48.5 Å². The van der Waals surface area contributed by atoms with Gasteiger partial charge in [0.15, 0.2) is 0 Å². The lowest BCUT2D eigenvalue weighted by molar-refractivity contribution is 0.0761. The summed E-state index contributed by atoms with van der Waals surface area (Å²) < 4.78 is 13.0. The van der Waals surface area contributed by atoms with Crippen molar-refractivity contribution >= 4 is 11.7 Å². The van der Waals surface area contributed by atoms with Gasteiger partial charge in [0.25, 0.3) is 5.91 Å². The van der Waals surface area contributed by atoms with Gasteiger partial charge in [-0.05, 0) is 36.2 Å². The second-order valence-corrected chi connectivity index (χ2v) is 6.23. The molecule has 3 rings (SSSR count). The summed E-state index contributed by atoms with van der Waals surface area (Å²) in [4.78, 5) is 21.1. The Labute approximate surface area is 147 Å². The van der Waals surface area contributed by atoms with Crippen LogP contribution in [0.1, 0.15) is 22.3 Å². The van der Waals surface area contributed by atoms with Gasteiger partial charge in [-0.1, -0.05) is 12.1 Å². The molecule has 132 valence electrons. The van der Waals surface area contributed by atoms with Crippen molar-refractivity contribution in [2.45, 2.75) is 13.0 Å². The molecule has 5 nitrogen and oxygen atoms in total. The molecule has 1 amide bonds. The van der Waals surface area contributed by atoms with Crippen molar-refractivity contribution in [2.75, 3.05) is 38.5 Å². The molecule has 0 unspecified atom stereocenters. The molecule has 6 heteroatoms. The van der Waals surface area contributed by atoms with Crippen molar-refractivity contribution in [1.82, 2.24) is 14.8 Å². The quantitative estimate of drug-likeness (QED) is 0.928. The third kappa shape index (κ3) is 4.54. The van der Waals surface area contributed by atoms with Gasteiger partial charge in [0, 0.05) is 51.5 Å². The number of anilines is 1. The SMILES string of the molecule is CNc1cc(C(=O)N2CCCN(Cc3ccc(F)cc3)CC2)ccn1. The maximum atomic E-state index is 13.0. The van der Waals surface area contributed by atoms with E-state index in [1.165, 1.54) is 12.1 Å². The van der Waals surface area contributed by atoms with E-state index in [0.29, 0.717) is 17.9 Å². The smallest absolute Gasteiger partial charge is 0.254 e. The summed E-state index contributed by atoms with van der Waals surface area (Å²) in [5, 5.41) is 2.96. The number of benzene rings is 1. The Balaban J connectivity index is 1.60. The van der Waals surface area contributed by atoms with Gasteiger partial charge >= 0.3 is 0 Å². The van der Waals surface area contributed by atoms with Crippen molar-refractivity contribution in [1.29, 1.82) is 0 Å². The zero-order valence-corrected chi connectivity index (χ0v) is 14.4. The van der Waals surface area contributed by atoms with Crippen LogP contribution in [0.3, 0.4) is 0 Å². The van der Waals surface area contributed by atoms with Crippen LogP contribution in [-0.4, -0.2) is 53.9 Å². The van der Waals surface area contributed by atoms with E-state index in [-0.39, 0.29) is 11.7 Å². The van der Waals surface area contributed by atoms with Crippen LogP contribution in [0, 0.1) is 5.82 Å². The minimum absolute atomic E-state index is 0.0440. The average Bonchev–Trinajstić information content (AvgIpc) is 2.88. The fourth-order valence-corrected chi connectivity index (χ4v) is 3.06. The van der Waals surface area contributed by atoms with E-state index in [2.05, 4.69) is 15.2 Å². The summed E-state index contributed by atoms with van der Waals surface area (Å²) in [6, 6.07) is 10.2. The van der Waals surface area contributed by atoms with Gasteiger partial charge in [0.2, 0.25) is 0 Å². The lowest BCUT2D eigenvalue weighted by Crippen LogP contribution is -2.35. The van der Waals surface area contributed by atoms with Crippen LogP contribution in [0.4, 0.5) is 10.2 Å². The second-order valence-electron chi connectivity index (χ2n) is 6.23. The van der Waals surface area contributed by atoms with Crippen molar-refractivity contribution in [3.8, 4) is 0 Å². The fraction of sp³-hybridized carbons (Fsp3) is 0.368. The van der Waals surface area contributed by atoms with E-state index < -0.39 is 0 Å². The number of amides is 1. The number of nitrogens with zero attached hydrogens (tertiary/aromatic N) is 3. The number of carbonyl (C=O) groups excluding carboxylic acids is 1. The van der Waals surface area contributed by atoms with E-state index in [0.717, 1.165) is 38.2 Å². The summed E-state index contributed by atoms with van der Waals surface area (Å²) in [6.07, 6.45) is 2.58. The average molecular weight is 342 g/mol. The predicted molar refractivity (Wildman–Crippen MR) is 96.0 cm³/mol. The van der Waals surface area contributed by atoms with Gasteiger partial charge < -0.3 is 10.2 Å². The molecule has 0 saturated carbocycles. The highest BCUT2D eigenvalue weighted by atomic mass is 19.1. The molecule has 25 heavy (non-hydrogen) atoms. The van der Waals surface area contributed by atoms with Crippen LogP contribution in [0.5, 0.6) is 0 Å². The number of nitrogens with one attached hydrogen (secondary N) is 1. The lowest BCUT2D eigenvalue weighted by atomic mass is 10.2. The number of pyridine rings is 1. The highest BCUT2D eigenvalue weighted by Crippen LogP contribution is 2.14. The van der Waals surface area contributed by atoms with Gasteiger partial charge in [0.1, 0.15) is 11.6 Å². The van der Waals surface area contributed by atoms with Crippen molar-refractivity contribution in [3.05, 3.63) is 59.5 Å². The normalized spacial score (nSPS) is 15.7. The molecule has 1 fully saturated rings. The van der Waals surface area contributed by atoms with Crippen LogP contribution < -0.4 is 5.32 Å². The molecule has 0 aliphatic carbocycles. The van der Waals surface area contributed by atoms with Gasteiger partial charge in [-0.3, -0.25) is 9.69 Å². The number of hydrogen-bond acceptors (Lipinski definition) is 4. The first-order chi connectivity index (χ1) is 12.2. The standard InChI is InChI=1S/C19H23FN4O/c1-21-18-13-16(7-8-22-18)19(25)24-10-2-9-23(11-12-24)14-15-3-5-17(20)6-4-15/h3-8,13H,2,9-12,14H2,1H3,(H,21,22). The van der Waals surface area contributed by atoms with Gasteiger partial charge in [-0.25, -0.2) is 9.37 Å². The molecule has 1 aliphatic rings. The number of rotatable bonds is 4. The number of carbonyl (C=O) groups is 1. The Morgan fingerprint density at radius 3 is 2.72 bits per heavy atom. The minimum Gasteiger partial charge on any atom is -0.373 e. The monoisotopic (exact) mass is 342 g/mol. The van der Waals surface area contributed by atoms with Crippen LogP contribution >= 0.6 is 0 Å². The summed E-state index contributed by atoms with van der Waals surface area (Å²) in [5.41, 5.74) is 1.75. The fourth-order valence-electron chi connectivity index (χ4n) is 3.06. The zero-order chi connectivity index (χ0) is 17.6. The molecule has 0 radical (unpaired) electrons. The molecule has 2 heterocycles. The van der Waals surface area contributed by atoms with Gasteiger partial charge in [0.05, 0.1) is 0 Å². The van der Waals surface area contributed by atoms with E-state index in [1.54, 1.807) is 25.4 Å². The summed E-state index contributed by atoms with van der Waals surface area (Å²) >= 11 is 0. The van der Waals surface area contributed by atoms with Crippen LogP contribution in [0.2, 0.25) is 0 Å². The molecule has 0 spiro atoms. The highest BCUT2D eigenvalue weighted by molar-refractivity contribution is 5.94. The van der Waals surface area contributed by atoms with Crippen molar-refractivity contribution in [2.24, 2.45) is 0 Å². The largest absolute Gasteiger partial charge is 0.373 e. The van der Waals surface area contributed by atoms with Crippen LogP contribution in [0.25, 0.3) is 0 Å². The predicted octanol–water partition coefficient (Wildman–Crippen LogP) is 2.61. The van der Waals surface area contributed by atoms with E-state index in [4.69, 9.17) is 0 Å². The maximum absolute atomic E-state index is 13.0. The summed E-state index contributed by atoms with van der Waals surface area (Å²) in [5.74, 6) is 0.524. The van der Waals surface area contributed by atoms with E-state index in [9.17, 15) is 9.18 Å². The molecule has 0 atom stereocenters. The van der Waals surface area contributed by atoms with Crippen molar-refractivity contribution < 1.29 is 9.18 Å². The summed E-state index contributed by atoms with van der Waals surface area (Å²) in [6.45, 7) is 3.96. The highest BCUT2D eigenvalue weighted by Gasteiger charge is 2.20. The van der Waals surface area contributed by atoms with E-state index in [1.807, 2.05) is 17.0 Å². The molecule has 1 saturated heterocycles. The number of hydrogen-bond donors (Lipinski definition) is 1. The Hall–Kier alpha value is -2.47. The molecule has 2 aromatic rings. The molecule has 0 bridgehead atoms. The first kappa shape index (κ1) is 17.4. The molecule has 1 aromatic carbocycles. The molecule has 1 N–H and O–H groups in total. The zero-order valence-electron chi connectivity index (χ0n) is 14.4. The maximum Gasteiger partial charge on any atom is 0.254 e.